The van der Waals surface area contributed by atoms with E-state index in [1.165, 1.54) is 0 Å². The highest BCUT2D eigenvalue weighted by Crippen LogP contribution is 2.66. The number of benzene rings is 3. The maximum Gasteiger partial charge on any atom is 0.253 e. The van der Waals surface area contributed by atoms with Crippen molar-refractivity contribution in [2.75, 3.05) is 31.1 Å². The summed E-state index contributed by atoms with van der Waals surface area (Å²) in [6.45, 7) is 3.53. The second-order valence-electron chi connectivity index (χ2n) is 9.43. The Kier molecular flexibility index (Phi) is 5.19. The highest BCUT2D eigenvalue weighted by molar-refractivity contribution is 6.30. The third kappa shape index (κ3) is 3.42. The summed E-state index contributed by atoms with van der Waals surface area (Å²) in [5, 5.41) is 3.98. The maximum absolute atomic E-state index is 13.9. The van der Waals surface area contributed by atoms with E-state index in [1.54, 1.807) is 0 Å². The zero-order valence-corrected chi connectivity index (χ0v) is 19.6. The number of carbonyl (C=O) groups is 2. The molecule has 6 rings (SSSR count). The lowest BCUT2D eigenvalue weighted by Gasteiger charge is -2.27. The molecule has 0 aromatic heterocycles. The Labute approximate surface area is 204 Å². The Morgan fingerprint density at radius 2 is 1.76 bits per heavy atom. The van der Waals surface area contributed by atoms with Crippen LogP contribution in [-0.4, -0.2) is 42.9 Å². The number of hydrogen-bond acceptors (Lipinski definition) is 3. The summed E-state index contributed by atoms with van der Waals surface area (Å²) >= 11 is 6.09. The SMILES string of the molecule is O=C(c1cccc(CN2C(=O)[C@]3(CC3c3ccc(Cl)cc3)c3ccccc32)c1)N1CCNCC1. The Hall–Kier alpha value is -3.15. The first kappa shape index (κ1) is 21.4. The Morgan fingerprint density at radius 1 is 1.00 bits per heavy atom. The molecule has 6 heteroatoms. The van der Waals surface area contributed by atoms with Crippen LogP contribution in [0.15, 0.2) is 72.8 Å². The first-order valence-corrected chi connectivity index (χ1v) is 12.2. The zero-order chi connectivity index (χ0) is 23.3. The molecule has 2 amide bonds. The summed E-state index contributed by atoms with van der Waals surface area (Å²) in [7, 11) is 0. The molecule has 1 spiro atoms. The van der Waals surface area contributed by atoms with Crippen molar-refractivity contribution in [2.45, 2.75) is 24.3 Å². The Balaban J connectivity index is 1.28. The van der Waals surface area contributed by atoms with Crippen LogP contribution in [0.25, 0.3) is 0 Å². The molecule has 5 nitrogen and oxygen atoms in total. The van der Waals surface area contributed by atoms with Gasteiger partial charge in [0.15, 0.2) is 0 Å². The van der Waals surface area contributed by atoms with Crippen molar-refractivity contribution in [3.05, 3.63) is 100 Å². The van der Waals surface area contributed by atoms with Gasteiger partial charge in [0, 0.05) is 48.4 Å². The second kappa shape index (κ2) is 8.26. The van der Waals surface area contributed by atoms with E-state index in [0.29, 0.717) is 17.1 Å². The van der Waals surface area contributed by atoms with E-state index in [1.807, 2.05) is 76.5 Å². The first-order chi connectivity index (χ1) is 16.6. The number of amides is 2. The van der Waals surface area contributed by atoms with Gasteiger partial charge >= 0.3 is 0 Å². The molecule has 3 aliphatic rings. The molecule has 2 heterocycles. The van der Waals surface area contributed by atoms with Crippen LogP contribution in [-0.2, 0) is 16.8 Å². The van der Waals surface area contributed by atoms with Gasteiger partial charge in [0.25, 0.3) is 5.91 Å². The number of rotatable bonds is 4. The second-order valence-corrected chi connectivity index (χ2v) is 9.87. The lowest BCUT2D eigenvalue weighted by atomic mass is 9.92. The summed E-state index contributed by atoms with van der Waals surface area (Å²) in [6, 6.07) is 23.7. The van der Waals surface area contributed by atoms with Gasteiger partial charge in [0.05, 0.1) is 12.0 Å². The van der Waals surface area contributed by atoms with Gasteiger partial charge in [0.1, 0.15) is 0 Å². The van der Waals surface area contributed by atoms with E-state index in [-0.39, 0.29) is 17.7 Å². The van der Waals surface area contributed by atoms with Crippen molar-refractivity contribution in [2.24, 2.45) is 0 Å². The maximum atomic E-state index is 13.9. The molecule has 2 aliphatic heterocycles. The molecule has 1 saturated heterocycles. The zero-order valence-electron chi connectivity index (χ0n) is 18.8. The van der Waals surface area contributed by atoms with Crippen molar-refractivity contribution < 1.29 is 9.59 Å². The van der Waals surface area contributed by atoms with Gasteiger partial charge in [-0.1, -0.05) is 54.1 Å². The van der Waals surface area contributed by atoms with Crippen LogP contribution in [0.4, 0.5) is 5.69 Å². The minimum absolute atomic E-state index is 0.0537. The Bertz CT molecular complexity index is 1270. The van der Waals surface area contributed by atoms with Gasteiger partial charge in [-0.05, 0) is 53.4 Å². The van der Waals surface area contributed by atoms with Crippen molar-refractivity contribution >= 4 is 29.1 Å². The fraction of sp³-hybridized carbons (Fsp3) is 0.286. The van der Waals surface area contributed by atoms with E-state index in [2.05, 4.69) is 11.4 Å². The number of piperazine rings is 1. The molecule has 34 heavy (non-hydrogen) atoms. The third-order valence-corrected chi connectivity index (χ3v) is 7.71. The summed E-state index contributed by atoms with van der Waals surface area (Å²) in [5.74, 6) is 0.356. The lowest BCUT2D eigenvalue weighted by molar-refractivity contribution is -0.120. The fourth-order valence-corrected chi connectivity index (χ4v) is 5.76. The molecule has 0 radical (unpaired) electrons. The van der Waals surface area contributed by atoms with Gasteiger partial charge in [-0.3, -0.25) is 9.59 Å². The van der Waals surface area contributed by atoms with Crippen LogP contribution >= 0.6 is 11.6 Å². The molecule has 3 aromatic carbocycles. The molecule has 2 atom stereocenters. The van der Waals surface area contributed by atoms with Gasteiger partial charge in [-0.25, -0.2) is 0 Å². The van der Waals surface area contributed by atoms with E-state index in [9.17, 15) is 9.59 Å². The van der Waals surface area contributed by atoms with E-state index >= 15 is 0 Å². The number of fused-ring (bicyclic) bond motifs is 2. The summed E-state index contributed by atoms with van der Waals surface area (Å²) in [4.78, 5) is 30.7. The molecule has 3 aromatic rings. The van der Waals surface area contributed by atoms with Crippen LogP contribution in [0.2, 0.25) is 5.02 Å². The first-order valence-electron chi connectivity index (χ1n) is 11.8. The van der Waals surface area contributed by atoms with Gasteiger partial charge in [-0.2, -0.15) is 0 Å². The fourth-order valence-electron chi connectivity index (χ4n) is 5.64. The molecule has 1 unspecified atom stereocenters. The van der Waals surface area contributed by atoms with Crippen LogP contribution in [0.3, 0.4) is 0 Å². The van der Waals surface area contributed by atoms with Crippen molar-refractivity contribution in [1.29, 1.82) is 0 Å². The van der Waals surface area contributed by atoms with Crippen LogP contribution in [0.1, 0.15) is 39.4 Å². The number of anilines is 1. The average Bonchev–Trinajstić information content (AvgIpc) is 3.59. The van der Waals surface area contributed by atoms with Gasteiger partial charge in [0.2, 0.25) is 5.91 Å². The molecule has 1 saturated carbocycles. The molecule has 1 N–H and O–H groups in total. The van der Waals surface area contributed by atoms with Gasteiger partial charge < -0.3 is 15.1 Å². The highest BCUT2D eigenvalue weighted by Gasteiger charge is 2.67. The molecule has 0 bridgehead atoms. The summed E-state index contributed by atoms with van der Waals surface area (Å²) in [6.07, 6.45) is 0.808. The third-order valence-electron chi connectivity index (χ3n) is 7.45. The molecule has 1 aliphatic carbocycles. The molecule has 2 fully saturated rings. The number of hydrogen-bond donors (Lipinski definition) is 1. The van der Waals surface area contributed by atoms with Crippen LogP contribution in [0.5, 0.6) is 0 Å². The minimum atomic E-state index is -0.501. The van der Waals surface area contributed by atoms with E-state index < -0.39 is 5.41 Å². The van der Waals surface area contributed by atoms with E-state index in [0.717, 1.165) is 55.0 Å². The summed E-state index contributed by atoms with van der Waals surface area (Å²) in [5.41, 5.74) is 4.37. The number of carbonyl (C=O) groups excluding carboxylic acids is 2. The smallest absolute Gasteiger partial charge is 0.253 e. The standard InChI is InChI=1S/C28H26ClN3O2/c29-22-10-8-20(9-11-22)24-17-28(24)23-6-1-2-7-25(23)32(27(28)34)18-19-4-3-5-21(16-19)26(33)31-14-12-30-13-15-31/h1-11,16,24,30H,12-15,17-18H2/t24?,28-/m1/s1. The predicted octanol–water partition coefficient (Wildman–Crippen LogP) is 4.36. The topological polar surface area (TPSA) is 52.7 Å². The monoisotopic (exact) mass is 471 g/mol. The summed E-state index contributed by atoms with van der Waals surface area (Å²) < 4.78 is 0. The van der Waals surface area contributed by atoms with Crippen molar-refractivity contribution in [3.8, 4) is 0 Å². The average molecular weight is 472 g/mol. The largest absolute Gasteiger partial charge is 0.336 e. The number of nitrogens with zero attached hydrogens (tertiary/aromatic N) is 2. The normalized spacial score (nSPS) is 23.3. The van der Waals surface area contributed by atoms with Crippen LogP contribution < -0.4 is 10.2 Å². The van der Waals surface area contributed by atoms with Crippen molar-refractivity contribution in [1.82, 2.24) is 10.2 Å². The quantitative estimate of drug-likeness (QED) is 0.615. The van der Waals surface area contributed by atoms with Crippen molar-refractivity contribution in [3.63, 3.8) is 0 Å². The minimum Gasteiger partial charge on any atom is -0.336 e. The predicted molar refractivity (Wildman–Crippen MR) is 133 cm³/mol. The molecule has 172 valence electrons. The molecular formula is C28H26ClN3O2. The molecular weight excluding hydrogens is 446 g/mol. The number of nitrogens with one attached hydrogen (secondary N) is 1. The Morgan fingerprint density at radius 3 is 2.56 bits per heavy atom. The van der Waals surface area contributed by atoms with Gasteiger partial charge in [-0.15, -0.1) is 0 Å². The van der Waals surface area contributed by atoms with E-state index in [4.69, 9.17) is 11.6 Å². The van der Waals surface area contributed by atoms with Crippen LogP contribution in [0, 0.1) is 0 Å². The number of halogens is 1. The number of para-hydroxylation sites is 1. The highest BCUT2D eigenvalue weighted by atomic mass is 35.5. The lowest BCUT2D eigenvalue weighted by Crippen LogP contribution is -2.46.